The Labute approximate surface area is 175 Å². The maximum absolute atomic E-state index is 14.7. The van der Waals surface area contributed by atoms with Crippen molar-refractivity contribution in [3.63, 3.8) is 0 Å². The summed E-state index contributed by atoms with van der Waals surface area (Å²) in [6.45, 7) is 2.55. The fourth-order valence-corrected chi connectivity index (χ4v) is 6.50. The van der Waals surface area contributed by atoms with Crippen LogP contribution in [0.25, 0.3) is 0 Å². The zero-order valence-electron chi connectivity index (χ0n) is 18.2. The molecular weight excluding hydrogens is 374 g/mol. The van der Waals surface area contributed by atoms with Crippen molar-refractivity contribution >= 4 is 0 Å². The summed E-state index contributed by atoms with van der Waals surface area (Å²) in [6, 6.07) is 0. The molecule has 1 saturated heterocycles. The van der Waals surface area contributed by atoms with Crippen molar-refractivity contribution in [1.29, 1.82) is 0 Å². The summed E-state index contributed by atoms with van der Waals surface area (Å²) in [4.78, 5) is 0. The van der Waals surface area contributed by atoms with Crippen LogP contribution in [0, 0.1) is 23.7 Å². The van der Waals surface area contributed by atoms with E-state index in [1.54, 1.807) is 0 Å². The van der Waals surface area contributed by atoms with Crippen LogP contribution in [0.15, 0.2) is 0 Å². The molecule has 168 valence electrons. The van der Waals surface area contributed by atoms with Crippen LogP contribution in [-0.4, -0.2) is 50.5 Å². The quantitative estimate of drug-likeness (QED) is 0.582. The van der Waals surface area contributed by atoms with Crippen molar-refractivity contribution in [3.8, 4) is 0 Å². The lowest BCUT2D eigenvalue weighted by Gasteiger charge is -2.45. The van der Waals surface area contributed by atoms with E-state index in [1.165, 1.54) is 51.4 Å². The molecule has 0 aromatic heterocycles. The molecule has 4 rings (SSSR count). The zero-order valence-corrected chi connectivity index (χ0v) is 18.2. The smallest absolute Gasteiger partial charge is 0.160 e. The lowest BCUT2D eigenvalue weighted by atomic mass is 9.70. The molecule has 3 nitrogen and oxygen atoms in total. The van der Waals surface area contributed by atoms with E-state index in [1.807, 2.05) is 14.0 Å². The van der Waals surface area contributed by atoms with Gasteiger partial charge in [-0.25, -0.2) is 8.78 Å². The SMILES string of the molecule is COC1CCC(C2CCC(COC3CC4CCC(C)OC4C(F)C3F)CC2)CC1. The second kappa shape index (κ2) is 9.91. The van der Waals surface area contributed by atoms with E-state index in [0.29, 0.717) is 25.0 Å². The molecule has 1 heterocycles. The minimum absolute atomic E-state index is 0.0406. The number of fused-ring (bicyclic) bond motifs is 1. The van der Waals surface area contributed by atoms with Gasteiger partial charge in [-0.15, -0.1) is 0 Å². The first kappa shape index (κ1) is 22.0. The Bertz CT molecular complexity index is 500. The van der Waals surface area contributed by atoms with Gasteiger partial charge in [-0.1, -0.05) is 0 Å². The molecular formula is C24H40F2O3. The predicted octanol–water partition coefficient (Wildman–Crippen LogP) is 5.65. The Balaban J connectivity index is 1.19. The molecule has 0 N–H and O–H groups in total. The van der Waals surface area contributed by atoms with E-state index in [4.69, 9.17) is 14.2 Å². The average molecular weight is 415 g/mol. The lowest BCUT2D eigenvalue weighted by Crippen LogP contribution is -2.54. The van der Waals surface area contributed by atoms with Crippen LogP contribution in [0.1, 0.15) is 77.6 Å². The lowest BCUT2D eigenvalue weighted by molar-refractivity contribution is -0.181. The summed E-state index contributed by atoms with van der Waals surface area (Å²) in [7, 11) is 1.83. The van der Waals surface area contributed by atoms with E-state index < -0.39 is 24.6 Å². The molecule has 0 radical (unpaired) electrons. The van der Waals surface area contributed by atoms with Crippen LogP contribution in [0.3, 0.4) is 0 Å². The normalized spacial score (nSPS) is 48.8. The van der Waals surface area contributed by atoms with E-state index >= 15 is 0 Å². The van der Waals surface area contributed by atoms with Gasteiger partial charge in [0.25, 0.3) is 0 Å². The summed E-state index contributed by atoms with van der Waals surface area (Å²) in [5.41, 5.74) is 0. The number of methoxy groups -OCH3 is 1. The summed E-state index contributed by atoms with van der Waals surface area (Å²) in [5, 5.41) is 0. The third-order valence-corrected chi connectivity index (χ3v) is 8.46. The fraction of sp³-hybridized carbons (Fsp3) is 1.00. The highest BCUT2D eigenvalue weighted by Crippen LogP contribution is 2.42. The maximum atomic E-state index is 14.7. The van der Waals surface area contributed by atoms with Crippen LogP contribution in [0.5, 0.6) is 0 Å². The molecule has 6 unspecified atom stereocenters. The van der Waals surface area contributed by atoms with E-state index in [0.717, 1.165) is 24.7 Å². The Morgan fingerprint density at radius 1 is 0.793 bits per heavy atom. The highest BCUT2D eigenvalue weighted by molar-refractivity contribution is 4.97. The minimum Gasteiger partial charge on any atom is -0.381 e. The molecule has 0 aromatic carbocycles. The fourth-order valence-electron chi connectivity index (χ4n) is 6.50. The van der Waals surface area contributed by atoms with Gasteiger partial charge in [-0.2, -0.15) is 0 Å². The number of ether oxygens (including phenoxy) is 3. The van der Waals surface area contributed by atoms with Crippen molar-refractivity contribution in [3.05, 3.63) is 0 Å². The molecule has 0 spiro atoms. The van der Waals surface area contributed by atoms with Gasteiger partial charge in [0.1, 0.15) is 0 Å². The molecule has 1 aliphatic heterocycles. The van der Waals surface area contributed by atoms with E-state index in [9.17, 15) is 8.78 Å². The van der Waals surface area contributed by atoms with Crippen molar-refractivity contribution in [2.45, 2.75) is 114 Å². The van der Waals surface area contributed by atoms with Gasteiger partial charge in [-0.05, 0) is 101 Å². The molecule has 0 aromatic rings. The van der Waals surface area contributed by atoms with Gasteiger partial charge in [-0.3, -0.25) is 0 Å². The molecule has 6 atom stereocenters. The third kappa shape index (κ3) is 5.15. The van der Waals surface area contributed by atoms with Crippen LogP contribution in [-0.2, 0) is 14.2 Å². The maximum Gasteiger partial charge on any atom is 0.160 e. The Hall–Kier alpha value is -0.260. The standard InChI is InChI=1S/C24H40F2O3/c1-15-3-6-19-13-21(22(25)23(26)24(19)29-15)28-14-16-4-7-17(8-5-16)18-9-11-20(27-2)12-10-18/h15-24H,3-14H2,1-2H3. The molecule has 29 heavy (non-hydrogen) atoms. The van der Waals surface area contributed by atoms with E-state index in [2.05, 4.69) is 0 Å². The van der Waals surface area contributed by atoms with E-state index in [-0.39, 0.29) is 12.0 Å². The van der Waals surface area contributed by atoms with Crippen LogP contribution >= 0.6 is 0 Å². The first-order valence-electron chi connectivity index (χ1n) is 12.1. The molecule has 3 saturated carbocycles. The molecule has 0 bridgehead atoms. The summed E-state index contributed by atoms with van der Waals surface area (Å²) >= 11 is 0. The zero-order chi connectivity index (χ0) is 20.4. The topological polar surface area (TPSA) is 27.7 Å². The summed E-state index contributed by atoms with van der Waals surface area (Å²) in [5.74, 6) is 2.31. The van der Waals surface area contributed by atoms with Gasteiger partial charge < -0.3 is 14.2 Å². The highest BCUT2D eigenvalue weighted by Gasteiger charge is 2.49. The minimum atomic E-state index is -1.55. The molecule has 4 fully saturated rings. The van der Waals surface area contributed by atoms with Crippen molar-refractivity contribution in [2.75, 3.05) is 13.7 Å². The second-order valence-electron chi connectivity index (χ2n) is 10.3. The Kier molecular flexibility index (Phi) is 7.50. The predicted molar refractivity (Wildman–Crippen MR) is 109 cm³/mol. The molecule has 5 heteroatoms. The largest absolute Gasteiger partial charge is 0.381 e. The van der Waals surface area contributed by atoms with Crippen LogP contribution < -0.4 is 0 Å². The summed E-state index contributed by atoms with van der Waals surface area (Å²) in [6.07, 6.45) is 8.62. The monoisotopic (exact) mass is 414 g/mol. The van der Waals surface area contributed by atoms with Gasteiger partial charge in [0, 0.05) is 13.7 Å². The molecule has 0 amide bonds. The van der Waals surface area contributed by atoms with Crippen molar-refractivity contribution in [2.24, 2.45) is 23.7 Å². The summed E-state index contributed by atoms with van der Waals surface area (Å²) < 4.78 is 46.5. The average Bonchev–Trinajstić information content (AvgIpc) is 2.76. The molecule has 4 aliphatic rings. The van der Waals surface area contributed by atoms with Crippen molar-refractivity contribution in [1.82, 2.24) is 0 Å². The second-order valence-corrected chi connectivity index (χ2v) is 10.3. The Morgan fingerprint density at radius 3 is 2.07 bits per heavy atom. The first-order valence-corrected chi connectivity index (χ1v) is 12.1. The van der Waals surface area contributed by atoms with Gasteiger partial charge >= 0.3 is 0 Å². The highest BCUT2D eigenvalue weighted by atomic mass is 19.2. The van der Waals surface area contributed by atoms with Gasteiger partial charge in [0.2, 0.25) is 0 Å². The first-order chi connectivity index (χ1) is 14.0. The number of halogens is 2. The van der Waals surface area contributed by atoms with Gasteiger partial charge in [0.05, 0.1) is 24.4 Å². The van der Waals surface area contributed by atoms with Crippen LogP contribution in [0.4, 0.5) is 8.78 Å². The Morgan fingerprint density at radius 2 is 1.41 bits per heavy atom. The van der Waals surface area contributed by atoms with Crippen LogP contribution in [0.2, 0.25) is 0 Å². The third-order valence-electron chi connectivity index (χ3n) is 8.46. The molecule has 3 aliphatic carbocycles. The van der Waals surface area contributed by atoms with Gasteiger partial charge in [0.15, 0.2) is 12.3 Å². The number of hydrogen-bond acceptors (Lipinski definition) is 3. The van der Waals surface area contributed by atoms with Crippen molar-refractivity contribution < 1.29 is 23.0 Å². The number of rotatable bonds is 5. The number of hydrogen-bond donors (Lipinski definition) is 0. The number of alkyl halides is 2.